The van der Waals surface area contributed by atoms with Crippen LogP contribution in [0.1, 0.15) is 34.7 Å². The highest BCUT2D eigenvalue weighted by Gasteiger charge is 2.21. The van der Waals surface area contributed by atoms with Gasteiger partial charge in [-0.3, -0.25) is 9.89 Å². The van der Waals surface area contributed by atoms with Gasteiger partial charge in [0.15, 0.2) is 0 Å². The Morgan fingerprint density at radius 2 is 1.86 bits per heavy atom. The minimum Gasteiger partial charge on any atom is -0.367 e. The number of nitrogen functional groups attached to an aromatic ring is 1. The molecule has 29 heavy (non-hydrogen) atoms. The summed E-state index contributed by atoms with van der Waals surface area (Å²) in [6.45, 7) is 3.83. The maximum atomic E-state index is 13.1. The van der Waals surface area contributed by atoms with E-state index in [0.29, 0.717) is 17.1 Å². The van der Waals surface area contributed by atoms with Crippen LogP contribution in [0, 0.1) is 6.92 Å². The van der Waals surface area contributed by atoms with Gasteiger partial charge in [0.1, 0.15) is 11.5 Å². The predicted molar refractivity (Wildman–Crippen MR) is 110 cm³/mol. The van der Waals surface area contributed by atoms with Gasteiger partial charge in [-0.05, 0) is 26.0 Å². The van der Waals surface area contributed by atoms with Gasteiger partial charge in [0, 0.05) is 11.8 Å². The van der Waals surface area contributed by atoms with E-state index < -0.39 is 6.04 Å². The zero-order valence-electron chi connectivity index (χ0n) is 16.1. The van der Waals surface area contributed by atoms with Crippen molar-refractivity contribution in [3.8, 4) is 16.9 Å². The van der Waals surface area contributed by atoms with Crippen LogP contribution in [-0.4, -0.2) is 30.9 Å². The van der Waals surface area contributed by atoms with E-state index >= 15 is 0 Å². The molecule has 0 aliphatic heterocycles. The van der Waals surface area contributed by atoms with Gasteiger partial charge in [0.25, 0.3) is 5.91 Å². The van der Waals surface area contributed by atoms with Crippen molar-refractivity contribution < 1.29 is 4.79 Å². The second-order valence-electron chi connectivity index (χ2n) is 6.81. The van der Waals surface area contributed by atoms with Gasteiger partial charge in [0.2, 0.25) is 5.95 Å². The SMILES string of the molecule is Cc1ccc(-c2nn(-c3ccccc3)cc2C(=O)N[C@@H](C)c2nc(N)n[nH]2)cc1. The van der Waals surface area contributed by atoms with Crippen molar-refractivity contribution >= 4 is 11.9 Å². The molecule has 4 rings (SSSR count). The molecule has 0 unspecified atom stereocenters. The first-order valence-corrected chi connectivity index (χ1v) is 9.22. The summed E-state index contributed by atoms with van der Waals surface area (Å²) in [7, 11) is 0. The summed E-state index contributed by atoms with van der Waals surface area (Å²) in [5.41, 5.74) is 9.51. The highest BCUT2D eigenvalue weighted by Crippen LogP contribution is 2.25. The molecule has 4 N–H and O–H groups in total. The molecule has 0 fully saturated rings. The van der Waals surface area contributed by atoms with Crippen molar-refractivity contribution in [2.45, 2.75) is 19.9 Å². The Labute approximate surface area is 167 Å². The number of aryl methyl sites for hydroxylation is 1. The quantitative estimate of drug-likeness (QED) is 0.487. The van der Waals surface area contributed by atoms with Gasteiger partial charge >= 0.3 is 0 Å². The molecule has 8 heteroatoms. The molecule has 1 amide bonds. The van der Waals surface area contributed by atoms with Gasteiger partial charge in [-0.1, -0.05) is 48.0 Å². The maximum absolute atomic E-state index is 13.1. The van der Waals surface area contributed by atoms with E-state index in [1.54, 1.807) is 10.9 Å². The Morgan fingerprint density at radius 1 is 1.14 bits per heavy atom. The highest BCUT2D eigenvalue weighted by atomic mass is 16.1. The predicted octanol–water partition coefficient (Wildman–Crippen LogP) is 3.04. The molecule has 0 spiro atoms. The molecule has 1 atom stereocenters. The topological polar surface area (TPSA) is 115 Å². The van der Waals surface area contributed by atoms with E-state index in [9.17, 15) is 4.79 Å². The van der Waals surface area contributed by atoms with Gasteiger partial charge in [0.05, 0.1) is 17.3 Å². The minimum absolute atomic E-state index is 0.137. The number of aromatic nitrogens is 5. The molecule has 2 aromatic carbocycles. The van der Waals surface area contributed by atoms with E-state index in [1.807, 2.05) is 68.4 Å². The first-order valence-electron chi connectivity index (χ1n) is 9.22. The Bertz CT molecular complexity index is 1130. The smallest absolute Gasteiger partial charge is 0.255 e. The first kappa shape index (κ1) is 18.4. The lowest BCUT2D eigenvalue weighted by atomic mass is 10.1. The molecular formula is C21H21N7O. The monoisotopic (exact) mass is 387 g/mol. The molecule has 0 radical (unpaired) electrons. The minimum atomic E-state index is -0.391. The molecule has 0 saturated heterocycles. The number of nitrogens with zero attached hydrogens (tertiary/aromatic N) is 4. The van der Waals surface area contributed by atoms with Gasteiger partial charge in [-0.2, -0.15) is 10.1 Å². The number of amides is 1. The lowest BCUT2D eigenvalue weighted by Crippen LogP contribution is -2.27. The number of para-hydroxylation sites is 1. The Kier molecular flexibility index (Phi) is 4.82. The largest absolute Gasteiger partial charge is 0.367 e. The van der Waals surface area contributed by atoms with Crippen LogP contribution in [0.25, 0.3) is 16.9 Å². The van der Waals surface area contributed by atoms with E-state index in [1.165, 1.54) is 0 Å². The highest BCUT2D eigenvalue weighted by molar-refractivity contribution is 6.00. The van der Waals surface area contributed by atoms with Gasteiger partial charge < -0.3 is 11.1 Å². The number of rotatable bonds is 5. The molecule has 2 heterocycles. The third-order valence-corrected chi connectivity index (χ3v) is 4.58. The number of H-pyrrole nitrogens is 1. The molecular weight excluding hydrogens is 366 g/mol. The zero-order valence-corrected chi connectivity index (χ0v) is 16.1. The van der Waals surface area contributed by atoms with Crippen LogP contribution in [0.4, 0.5) is 5.95 Å². The third-order valence-electron chi connectivity index (χ3n) is 4.58. The number of benzene rings is 2. The Hall–Kier alpha value is -3.94. The van der Waals surface area contributed by atoms with Crippen molar-refractivity contribution in [3.63, 3.8) is 0 Å². The van der Waals surface area contributed by atoms with E-state index in [4.69, 9.17) is 5.73 Å². The third kappa shape index (κ3) is 3.86. The van der Waals surface area contributed by atoms with Crippen molar-refractivity contribution in [3.05, 3.63) is 77.7 Å². The summed E-state index contributed by atoms with van der Waals surface area (Å²) in [5.74, 6) is 0.367. The van der Waals surface area contributed by atoms with Crippen molar-refractivity contribution in [1.82, 2.24) is 30.3 Å². The second kappa shape index (κ2) is 7.59. The van der Waals surface area contributed by atoms with Crippen LogP contribution in [-0.2, 0) is 0 Å². The normalized spacial score (nSPS) is 11.9. The number of aromatic amines is 1. The standard InChI is InChI=1S/C21H21N7O/c1-13-8-10-15(11-9-13)18-17(12-28(27-18)16-6-4-3-5-7-16)20(29)23-14(2)19-24-21(22)26-25-19/h3-12,14H,1-2H3,(H,23,29)(H3,22,24,25,26)/t14-/m0/s1. The number of nitrogens with two attached hydrogens (primary N) is 1. The molecule has 4 aromatic rings. The fourth-order valence-electron chi connectivity index (χ4n) is 3.00. The number of hydrogen-bond donors (Lipinski definition) is 3. The molecule has 0 aliphatic rings. The summed E-state index contributed by atoms with van der Waals surface area (Å²) in [4.78, 5) is 17.2. The number of carbonyl (C=O) groups is 1. The van der Waals surface area contributed by atoms with Crippen LogP contribution in [0.3, 0.4) is 0 Å². The van der Waals surface area contributed by atoms with Crippen LogP contribution >= 0.6 is 0 Å². The van der Waals surface area contributed by atoms with E-state index in [2.05, 4.69) is 25.6 Å². The summed E-state index contributed by atoms with van der Waals surface area (Å²) < 4.78 is 1.71. The molecule has 0 bridgehead atoms. The summed E-state index contributed by atoms with van der Waals surface area (Å²) in [5, 5.41) is 14.1. The second-order valence-corrected chi connectivity index (χ2v) is 6.81. The molecule has 2 aromatic heterocycles. The van der Waals surface area contributed by atoms with Crippen LogP contribution in [0.15, 0.2) is 60.8 Å². The van der Waals surface area contributed by atoms with Crippen molar-refractivity contribution in [2.24, 2.45) is 0 Å². The Balaban J connectivity index is 1.71. The first-order chi connectivity index (χ1) is 14.0. The van der Waals surface area contributed by atoms with E-state index in [0.717, 1.165) is 16.8 Å². The molecule has 0 saturated carbocycles. The summed E-state index contributed by atoms with van der Waals surface area (Å²) in [6.07, 6.45) is 1.74. The van der Waals surface area contributed by atoms with Crippen LogP contribution in [0.5, 0.6) is 0 Å². The van der Waals surface area contributed by atoms with Crippen LogP contribution < -0.4 is 11.1 Å². The lowest BCUT2D eigenvalue weighted by Gasteiger charge is -2.11. The van der Waals surface area contributed by atoms with Crippen LogP contribution in [0.2, 0.25) is 0 Å². The number of nitrogens with one attached hydrogen (secondary N) is 2. The summed E-state index contributed by atoms with van der Waals surface area (Å²) in [6, 6.07) is 17.2. The molecule has 146 valence electrons. The number of hydrogen-bond acceptors (Lipinski definition) is 5. The van der Waals surface area contributed by atoms with Gasteiger partial charge in [-0.25, -0.2) is 4.68 Å². The average Bonchev–Trinajstić information content (AvgIpc) is 3.36. The number of anilines is 1. The zero-order chi connectivity index (χ0) is 20.4. The summed E-state index contributed by atoms with van der Waals surface area (Å²) >= 11 is 0. The molecule has 0 aliphatic carbocycles. The van der Waals surface area contributed by atoms with Gasteiger partial charge in [-0.15, -0.1) is 5.10 Å². The van der Waals surface area contributed by atoms with E-state index in [-0.39, 0.29) is 11.9 Å². The Morgan fingerprint density at radius 3 is 2.52 bits per heavy atom. The molecule has 8 nitrogen and oxygen atoms in total. The lowest BCUT2D eigenvalue weighted by molar-refractivity contribution is 0.0939. The fraction of sp³-hybridized carbons (Fsp3) is 0.143. The maximum Gasteiger partial charge on any atom is 0.255 e. The average molecular weight is 387 g/mol. The fourth-order valence-corrected chi connectivity index (χ4v) is 3.00. The number of carbonyl (C=O) groups excluding carboxylic acids is 1. The van der Waals surface area contributed by atoms with Crippen molar-refractivity contribution in [2.75, 3.05) is 5.73 Å². The van der Waals surface area contributed by atoms with Crippen molar-refractivity contribution in [1.29, 1.82) is 0 Å².